The van der Waals surface area contributed by atoms with Crippen molar-refractivity contribution < 1.29 is 9.13 Å². The smallest absolute Gasteiger partial charge is 0.302 e. The molecule has 0 radical (unpaired) electrons. The van der Waals surface area contributed by atoms with E-state index in [1.165, 1.54) is 12.1 Å². The van der Waals surface area contributed by atoms with Gasteiger partial charge in [-0.1, -0.05) is 41.9 Å². The van der Waals surface area contributed by atoms with Crippen LogP contribution in [0.5, 0.6) is 11.8 Å². The quantitative estimate of drug-likeness (QED) is 0.470. The second-order valence-corrected chi connectivity index (χ2v) is 8.31. The van der Waals surface area contributed by atoms with Crippen molar-refractivity contribution in [1.29, 1.82) is 0 Å². The van der Waals surface area contributed by atoms with Crippen molar-refractivity contribution in [2.24, 2.45) is 0 Å². The third-order valence-electron chi connectivity index (χ3n) is 5.79. The first kappa shape index (κ1) is 21.2. The first-order valence-corrected chi connectivity index (χ1v) is 10.9. The number of ether oxygens (including phenoxy) is 1. The highest BCUT2D eigenvalue weighted by Crippen LogP contribution is 2.32. The molecule has 1 aliphatic rings. The lowest BCUT2D eigenvalue weighted by molar-refractivity contribution is 0.412. The number of hydrogen-bond acceptors (Lipinski definition) is 5. The van der Waals surface area contributed by atoms with E-state index in [-0.39, 0.29) is 10.8 Å². The van der Waals surface area contributed by atoms with Crippen molar-refractivity contribution in [2.75, 3.05) is 11.4 Å². The number of rotatable bonds is 5. The van der Waals surface area contributed by atoms with Crippen LogP contribution in [0.25, 0.3) is 0 Å². The van der Waals surface area contributed by atoms with E-state index in [0.29, 0.717) is 43.5 Å². The Bertz CT molecular complexity index is 1380. The summed E-state index contributed by atoms with van der Waals surface area (Å²) in [5.41, 5.74) is 4.29. The minimum atomic E-state index is -0.430. The minimum Gasteiger partial charge on any atom is -0.425 e. The molecule has 0 atom stereocenters. The van der Waals surface area contributed by atoms with Crippen LogP contribution in [0.3, 0.4) is 0 Å². The van der Waals surface area contributed by atoms with E-state index < -0.39 is 5.56 Å². The average molecular weight is 466 g/mol. The number of halogens is 2. The Kier molecular flexibility index (Phi) is 5.60. The molecule has 2 aromatic carbocycles. The molecular formula is C24H21ClFN5O2. The van der Waals surface area contributed by atoms with Gasteiger partial charge in [-0.25, -0.2) is 9.49 Å². The minimum absolute atomic E-state index is 0.101. The summed E-state index contributed by atoms with van der Waals surface area (Å²) in [4.78, 5) is 18.6. The number of aryl methyl sites for hydroxylation is 1. The van der Waals surface area contributed by atoms with Gasteiger partial charge in [-0.15, -0.1) is 0 Å². The summed E-state index contributed by atoms with van der Waals surface area (Å²) < 4.78 is 21.8. The molecule has 1 aliphatic heterocycles. The number of anilines is 1. The normalized spacial score (nSPS) is 13.1. The summed E-state index contributed by atoms with van der Waals surface area (Å²) >= 11 is 6.23. The zero-order chi connectivity index (χ0) is 22.9. The summed E-state index contributed by atoms with van der Waals surface area (Å²) in [5.74, 6) is -0.000959. The predicted molar refractivity (Wildman–Crippen MR) is 124 cm³/mol. The monoisotopic (exact) mass is 465 g/mol. The molecule has 9 heteroatoms. The highest BCUT2D eigenvalue weighted by molar-refractivity contribution is 6.33. The number of hydrogen-bond donors (Lipinski definition) is 1. The number of benzene rings is 2. The lowest BCUT2D eigenvalue weighted by Gasteiger charge is -2.29. The van der Waals surface area contributed by atoms with Crippen LogP contribution in [0.15, 0.2) is 59.5 Å². The van der Waals surface area contributed by atoms with E-state index in [1.54, 1.807) is 18.3 Å². The van der Waals surface area contributed by atoms with Crippen LogP contribution in [-0.4, -0.2) is 26.3 Å². The fraction of sp³-hybridized carbons (Fsp3) is 0.208. The SMILES string of the molecule is Cc1ccccc1Cn1c(Oc2cccc(F)c2)nc2c1CCN(c1cn[nH]c(=O)c1Cl)C2. The van der Waals surface area contributed by atoms with E-state index >= 15 is 0 Å². The predicted octanol–water partition coefficient (Wildman–Crippen LogP) is 4.47. The molecule has 0 fully saturated rings. The average Bonchev–Trinajstić information content (AvgIpc) is 3.13. The number of aromatic amines is 1. The second-order valence-electron chi connectivity index (χ2n) is 7.93. The van der Waals surface area contributed by atoms with Gasteiger partial charge in [0.1, 0.15) is 16.6 Å². The summed E-state index contributed by atoms with van der Waals surface area (Å²) in [7, 11) is 0. The number of aromatic nitrogens is 4. The van der Waals surface area contributed by atoms with Gasteiger partial charge in [0.05, 0.1) is 30.7 Å². The Morgan fingerprint density at radius 1 is 1.21 bits per heavy atom. The molecule has 33 heavy (non-hydrogen) atoms. The van der Waals surface area contributed by atoms with Crippen molar-refractivity contribution in [3.63, 3.8) is 0 Å². The molecular weight excluding hydrogens is 445 g/mol. The standard InChI is InChI=1S/C24H21ClFN5O2/c1-15-5-2-3-6-16(15)13-31-20-9-10-30(21-12-27-29-23(32)22(21)25)14-19(20)28-24(31)33-18-8-4-7-17(26)11-18/h2-8,11-12H,9-10,13-14H2,1H3,(H,29,32). The fourth-order valence-corrected chi connectivity index (χ4v) is 4.26. The maximum Gasteiger partial charge on any atom is 0.302 e. The third-order valence-corrected chi connectivity index (χ3v) is 6.16. The summed E-state index contributed by atoms with van der Waals surface area (Å²) in [6, 6.07) is 14.5. The Morgan fingerprint density at radius 2 is 2.06 bits per heavy atom. The van der Waals surface area contributed by atoms with Crippen molar-refractivity contribution in [3.05, 3.63) is 98.4 Å². The first-order chi connectivity index (χ1) is 16.0. The van der Waals surface area contributed by atoms with E-state index in [4.69, 9.17) is 21.3 Å². The van der Waals surface area contributed by atoms with Crippen molar-refractivity contribution in [2.45, 2.75) is 26.4 Å². The highest BCUT2D eigenvalue weighted by atomic mass is 35.5. The van der Waals surface area contributed by atoms with Gasteiger partial charge in [-0.05, 0) is 30.2 Å². The summed E-state index contributed by atoms with van der Waals surface area (Å²) in [6.45, 7) is 3.72. The van der Waals surface area contributed by atoms with Crippen molar-refractivity contribution in [3.8, 4) is 11.8 Å². The van der Waals surface area contributed by atoms with Crippen LogP contribution in [0, 0.1) is 12.7 Å². The molecule has 3 heterocycles. The number of nitrogens with one attached hydrogen (secondary N) is 1. The summed E-state index contributed by atoms with van der Waals surface area (Å²) in [5, 5.41) is 6.32. The van der Waals surface area contributed by atoms with Crippen LogP contribution in [-0.2, 0) is 19.5 Å². The van der Waals surface area contributed by atoms with Crippen LogP contribution in [0.1, 0.15) is 22.5 Å². The number of imidazole rings is 1. The number of H-pyrrole nitrogens is 1. The number of nitrogens with zero attached hydrogens (tertiary/aromatic N) is 4. The molecule has 0 amide bonds. The van der Waals surface area contributed by atoms with Crippen molar-refractivity contribution >= 4 is 17.3 Å². The zero-order valence-corrected chi connectivity index (χ0v) is 18.6. The van der Waals surface area contributed by atoms with Gasteiger partial charge in [0.2, 0.25) is 0 Å². The lowest BCUT2D eigenvalue weighted by atomic mass is 10.1. The highest BCUT2D eigenvalue weighted by Gasteiger charge is 2.27. The molecule has 0 saturated heterocycles. The topological polar surface area (TPSA) is 76.0 Å². The molecule has 5 rings (SSSR count). The summed E-state index contributed by atoms with van der Waals surface area (Å²) in [6.07, 6.45) is 2.22. The van der Waals surface area contributed by atoms with E-state index in [2.05, 4.69) is 29.3 Å². The van der Waals surface area contributed by atoms with E-state index in [1.807, 2.05) is 21.6 Å². The molecule has 0 unspecified atom stereocenters. The Hall–Kier alpha value is -3.65. The third kappa shape index (κ3) is 4.21. The Labute approximate surface area is 194 Å². The van der Waals surface area contributed by atoms with Crippen LogP contribution >= 0.6 is 11.6 Å². The van der Waals surface area contributed by atoms with Crippen LogP contribution in [0.4, 0.5) is 10.1 Å². The van der Waals surface area contributed by atoms with Gasteiger partial charge in [0.15, 0.2) is 0 Å². The largest absolute Gasteiger partial charge is 0.425 e. The molecule has 0 spiro atoms. The molecule has 4 aromatic rings. The van der Waals surface area contributed by atoms with Crippen LogP contribution < -0.4 is 15.2 Å². The van der Waals surface area contributed by atoms with Gasteiger partial charge >= 0.3 is 6.01 Å². The molecule has 1 N–H and O–H groups in total. The second kappa shape index (κ2) is 8.71. The molecule has 7 nitrogen and oxygen atoms in total. The molecule has 168 valence electrons. The maximum atomic E-state index is 13.7. The Morgan fingerprint density at radius 3 is 2.88 bits per heavy atom. The Balaban J connectivity index is 1.53. The van der Waals surface area contributed by atoms with Gasteiger partial charge < -0.3 is 9.64 Å². The van der Waals surface area contributed by atoms with E-state index in [9.17, 15) is 9.18 Å². The van der Waals surface area contributed by atoms with Gasteiger partial charge in [0.25, 0.3) is 5.56 Å². The molecule has 0 bridgehead atoms. The van der Waals surface area contributed by atoms with Gasteiger partial charge in [-0.2, -0.15) is 10.1 Å². The van der Waals surface area contributed by atoms with Crippen molar-refractivity contribution in [1.82, 2.24) is 19.7 Å². The molecule has 0 aliphatic carbocycles. The van der Waals surface area contributed by atoms with Crippen LogP contribution in [0.2, 0.25) is 5.02 Å². The maximum absolute atomic E-state index is 13.7. The zero-order valence-electron chi connectivity index (χ0n) is 17.9. The molecule has 2 aromatic heterocycles. The molecule has 0 saturated carbocycles. The van der Waals surface area contributed by atoms with Gasteiger partial charge in [0, 0.05) is 24.7 Å². The van der Waals surface area contributed by atoms with E-state index in [0.717, 1.165) is 22.5 Å². The fourth-order valence-electron chi connectivity index (χ4n) is 4.05. The lowest BCUT2D eigenvalue weighted by Crippen LogP contribution is -2.32. The first-order valence-electron chi connectivity index (χ1n) is 10.5. The number of fused-ring (bicyclic) bond motifs is 1. The van der Waals surface area contributed by atoms with Gasteiger partial charge in [-0.3, -0.25) is 9.36 Å².